The maximum atomic E-state index is 13.0. The van der Waals surface area contributed by atoms with Crippen molar-refractivity contribution in [3.8, 4) is 5.69 Å². The van der Waals surface area contributed by atoms with E-state index in [1.165, 1.54) is 5.69 Å². The Labute approximate surface area is 201 Å². The number of benzene rings is 2. The molecule has 0 aliphatic carbocycles. The number of aromatic nitrogens is 4. The highest BCUT2D eigenvalue weighted by Gasteiger charge is 2.26. The van der Waals surface area contributed by atoms with Crippen LogP contribution in [0.15, 0.2) is 49.1 Å². The van der Waals surface area contributed by atoms with Gasteiger partial charge in [0, 0.05) is 41.3 Å². The highest BCUT2D eigenvalue weighted by atomic mass is 35.5. The minimum atomic E-state index is -0.797. The molecule has 1 aliphatic heterocycles. The Hall–Kier alpha value is -3.65. The summed E-state index contributed by atoms with van der Waals surface area (Å²) < 4.78 is 3.95. The molecule has 1 atom stereocenters. The summed E-state index contributed by atoms with van der Waals surface area (Å²) >= 11 is 6.43. The molecule has 0 fully saturated rings. The normalized spacial score (nSPS) is 15.3. The zero-order chi connectivity index (χ0) is 23.8. The molecule has 0 bridgehead atoms. The summed E-state index contributed by atoms with van der Waals surface area (Å²) in [5, 5.41) is 21.4. The Kier molecular flexibility index (Phi) is 5.83. The summed E-state index contributed by atoms with van der Waals surface area (Å²) in [6.45, 7) is 2.67. The minimum Gasteiger partial charge on any atom is -0.481 e. The van der Waals surface area contributed by atoms with Gasteiger partial charge in [0.15, 0.2) is 0 Å². The van der Waals surface area contributed by atoms with Gasteiger partial charge in [-0.2, -0.15) is 0 Å². The summed E-state index contributed by atoms with van der Waals surface area (Å²) in [6, 6.07) is 11.5. The van der Waals surface area contributed by atoms with Gasteiger partial charge in [-0.15, -0.1) is 10.2 Å². The van der Waals surface area contributed by atoms with Crippen LogP contribution in [-0.4, -0.2) is 42.4 Å². The molecule has 0 radical (unpaired) electrons. The number of carboxylic acid groups (broad SMARTS) is 1. The SMILES string of the molecule is Cc1ccc2c(c1)c(CCC(=O)O)c1n2CC(NC(=O)c2ccc(-n3cnnc3)cc2Cl)CC1. The van der Waals surface area contributed by atoms with Crippen LogP contribution in [0.1, 0.15) is 40.0 Å². The van der Waals surface area contributed by atoms with Crippen molar-refractivity contribution < 1.29 is 14.7 Å². The number of hydrogen-bond donors (Lipinski definition) is 2. The second-order valence-electron chi connectivity index (χ2n) is 8.69. The van der Waals surface area contributed by atoms with E-state index in [-0.39, 0.29) is 18.4 Å². The molecule has 34 heavy (non-hydrogen) atoms. The van der Waals surface area contributed by atoms with Crippen molar-refractivity contribution in [3.05, 3.63) is 76.5 Å². The Morgan fingerprint density at radius 2 is 1.97 bits per heavy atom. The fourth-order valence-electron chi connectivity index (χ4n) is 4.78. The number of rotatable bonds is 6. The van der Waals surface area contributed by atoms with Crippen molar-refractivity contribution in [1.82, 2.24) is 24.6 Å². The van der Waals surface area contributed by atoms with Crippen molar-refractivity contribution in [2.75, 3.05) is 0 Å². The van der Waals surface area contributed by atoms with E-state index in [4.69, 9.17) is 11.6 Å². The molecule has 9 heteroatoms. The van der Waals surface area contributed by atoms with Crippen molar-refractivity contribution in [3.63, 3.8) is 0 Å². The van der Waals surface area contributed by atoms with Gasteiger partial charge in [-0.25, -0.2) is 0 Å². The number of carboxylic acids is 1. The molecule has 2 aromatic carbocycles. The van der Waals surface area contributed by atoms with Crippen LogP contribution in [0, 0.1) is 6.92 Å². The summed E-state index contributed by atoms with van der Waals surface area (Å²) in [7, 11) is 0. The minimum absolute atomic E-state index is 0.0576. The molecule has 5 rings (SSSR count). The van der Waals surface area contributed by atoms with E-state index in [0.29, 0.717) is 23.6 Å². The van der Waals surface area contributed by atoms with Crippen molar-refractivity contribution >= 4 is 34.4 Å². The number of nitrogens with one attached hydrogen (secondary N) is 1. The zero-order valence-electron chi connectivity index (χ0n) is 18.7. The van der Waals surface area contributed by atoms with Gasteiger partial charge in [0.05, 0.1) is 10.6 Å². The monoisotopic (exact) mass is 477 g/mol. The average Bonchev–Trinajstić information content (AvgIpc) is 3.44. The summed E-state index contributed by atoms with van der Waals surface area (Å²) in [4.78, 5) is 24.2. The molecule has 0 saturated carbocycles. The molecule has 174 valence electrons. The van der Waals surface area contributed by atoms with Gasteiger partial charge in [-0.05, 0) is 62.1 Å². The van der Waals surface area contributed by atoms with Crippen molar-refractivity contribution in [1.29, 1.82) is 0 Å². The first-order valence-electron chi connectivity index (χ1n) is 11.2. The van der Waals surface area contributed by atoms with Gasteiger partial charge in [-0.1, -0.05) is 23.2 Å². The number of aryl methyl sites for hydroxylation is 2. The van der Waals surface area contributed by atoms with Gasteiger partial charge in [0.2, 0.25) is 0 Å². The fourth-order valence-corrected chi connectivity index (χ4v) is 5.04. The number of nitrogens with zero attached hydrogens (tertiary/aromatic N) is 4. The number of carbonyl (C=O) groups excluding carboxylic acids is 1. The van der Waals surface area contributed by atoms with Crippen LogP contribution < -0.4 is 5.32 Å². The Balaban J connectivity index is 1.38. The highest BCUT2D eigenvalue weighted by molar-refractivity contribution is 6.34. The molecule has 8 nitrogen and oxygen atoms in total. The quantitative estimate of drug-likeness (QED) is 0.438. The number of carbonyl (C=O) groups is 2. The van der Waals surface area contributed by atoms with E-state index in [9.17, 15) is 14.7 Å². The van der Waals surface area contributed by atoms with E-state index in [1.807, 2.05) is 6.92 Å². The molecule has 1 unspecified atom stereocenters. The second kappa shape index (κ2) is 8.95. The van der Waals surface area contributed by atoms with E-state index < -0.39 is 5.97 Å². The van der Waals surface area contributed by atoms with Crippen LogP contribution in [0.5, 0.6) is 0 Å². The van der Waals surface area contributed by atoms with Gasteiger partial charge in [-0.3, -0.25) is 14.2 Å². The van der Waals surface area contributed by atoms with E-state index in [2.05, 4.69) is 38.3 Å². The Morgan fingerprint density at radius 1 is 1.18 bits per heavy atom. The lowest BCUT2D eigenvalue weighted by Gasteiger charge is -2.27. The fraction of sp³-hybridized carbons (Fsp3) is 0.280. The molecule has 2 aromatic heterocycles. The molecule has 1 aliphatic rings. The average molecular weight is 478 g/mol. The number of aliphatic carboxylic acids is 1. The predicted octanol–water partition coefficient (Wildman–Crippen LogP) is 3.95. The van der Waals surface area contributed by atoms with Crippen LogP contribution in [0.2, 0.25) is 5.02 Å². The van der Waals surface area contributed by atoms with Gasteiger partial charge >= 0.3 is 5.97 Å². The van der Waals surface area contributed by atoms with Crippen molar-refractivity contribution in [2.24, 2.45) is 0 Å². The number of hydrogen-bond acceptors (Lipinski definition) is 4. The third-order valence-electron chi connectivity index (χ3n) is 6.41. The topological polar surface area (TPSA) is 102 Å². The Morgan fingerprint density at radius 3 is 2.71 bits per heavy atom. The number of amides is 1. The number of halogens is 1. The molecule has 2 N–H and O–H groups in total. The summed E-state index contributed by atoms with van der Waals surface area (Å²) in [5.74, 6) is -1.01. The first-order valence-corrected chi connectivity index (χ1v) is 11.6. The van der Waals surface area contributed by atoms with Crippen LogP contribution in [-0.2, 0) is 24.2 Å². The summed E-state index contributed by atoms with van der Waals surface area (Å²) in [5.41, 5.74) is 5.69. The van der Waals surface area contributed by atoms with Gasteiger partial charge in [0.1, 0.15) is 12.7 Å². The second-order valence-corrected chi connectivity index (χ2v) is 9.10. The largest absolute Gasteiger partial charge is 0.481 e. The first kappa shape index (κ1) is 22.2. The van der Waals surface area contributed by atoms with Crippen LogP contribution in [0.4, 0.5) is 0 Å². The maximum Gasteiger partial charge on any atom is 0.303 e. The molecule has 4 aromatic rings. The van der Waals surface area contributed by atoms with Crippen LogP contribution in [0.25, 0.3) is 16.6 Å². The van der Waals surface area contributed by atoms with Crippen LogP contribution >= 0.6 is 11.6 Å². The van der Waals surface area contributed by atoms with Gasteiger partial charge in [0.25, 0.3) is 5.91 Å². The van der Waals surface area contributed by atoms with E-state index in [0.717, 1.165) is 40.6 Å². The van der Waals surface area contributed by atoms with E-state index >= 15 is 0 Å². The van der Waals surface area contributed by atoms with Crippen molar-refractivity contribution in [2.45, 2.75) is 45.2 Å². The predicted molar refractivity (Wildman–Crippen MR) is 129 cm³/mol. The lowest BCUT2D eigenvalue weighted by atomic mass is 9.98. The Bertz CT molecular complexity index is 1390. The van der Waals surface area contributed by atoms with Crippen LogP contribution in [0.3, 0.4) is 0 Å². The third kappa shape index (κ3) is 4.17. The first-order chi connectivity index (χ1) is 16.4. The molecule has 3 heterocycles. The molecule has 1 amide bonds. The highest BCUT2D eigenvalue weighted by Crippen LogP contribution is 2.33. The lowest BCUT2D eigenvalue weighted by Crippen LogP contribution is -2.41. The maximum absolute atomic E-state index is 13.0. The smallest absolute Gasteiger partial charge is 0.303 e. The molecule has 0 spiro atoms. The molecular weight excluding hydrogens is 454 g/mol. The molecule has 0 saturated heterocycles. The zero-order valence-corrected chi connectivity index (χ0v) is 19.4. The third-order valence-corrected chi connectivity index (χ3v) is 6.73. The standard InChI is InChI=1S/C25H24ClN5O3/c1-15-2-7-23-20(10-15)18(6-9-24(32)33)22-8-3-16(12-31(22)23)29-25(34)19-5-4-17(11-21(19)26)30-13-27-28-14-30/h2,4-5,7,10-11,13-14,16H,3,6,8-9,12H2,1H3,(H,29,34)(H,32,33). The lowest BCUT2D eigenvalue weighted by molar-refractivity contribution is -0.136. The van der Waals surface area contributed by atoms with E-state index in [1.54, 1.807) is 35.4 Å². The number of fused-ring (bicyclic) bond motifs is 3. The molecular formula is C25H24ClN5O3. The summed E-state index contributed by atoms with van der Waals surface area (Å²) in [6.07, 6.45) is 5.29. The van der Waals surface area contributed by atoms with Gasteiger partial charge < -0.3 is 15.0 Å².